The van der Waals surface area contributed by atoms with E-state index in [1.54, 1.807) is 31.3 Å². The average Bonchev–Trinajstić information content (AvgIpc) is 3.61. The zero-order chi connectivity index (χ0) is 24.2. The Morgan fingerprint density at radius 2 is 1.81 bits per heavy atom. The van der Waals surface area contributed by atoms with Crippen LogP contribution in [0.5, 0.6) is 23.1 Å². The Bertz CT molecular complexity index is 1760. The quantitative estimate of drug-likeness (QED) is 0.315. The second kappa shape index (κ2) is 7.84. The summed E-state index contributed by atoms with van der Waals surface area (Å²) in [5, 5.41) is 6.72. The van der Waals surface area contributed by atoms with Crippen molar-refractivity contribution in [1.82, 2.24) is 19.6 Å². The first-order chi connectivity index (χ1) is 17.7. The lowest BCUT2D eigenvalue weighted by atomic mass is 9.82. The third-order valence-electron chi connectivity index (χ3n) is 6.58. The normalized spacial score (nSPS) is 14.3. The Hall–Kier alpha value is -4.85. The van der Waals surface area contributed by atoms with Gasteiger partial charge >= 0.3 is 0 Å². The van der Waals surface area contributed by atoms with Gasteiger partial charge in [0.2, 0.25) is 11.7 Å². The zero-order valence-electron chi connectivity index (χ0n) is 19.5. The lowest BCUT2D eigenvalue weighted by Gasteiger charge is -2.29. The van der Waals surface area contributed by atoms with Crippen molar-refractivity contribution in [2.75, 3.05) is 14.2 Å². The highest BCUT2D eigenvalue weighted by atomic mass is 16.5. The fraction of sp³-hybridized carbons (Fsp3) is 0.107. The number of nitrogens with zero attached hydrogens (tertiary/aromatic N) is 4. The van der Waals surface area contributed by atoms with Crippen LogP contribution >= 0.6 is 0 Å². The minimum Gasteiger partial charge on any atom is -0.493 e. The summed E-state index contributed by atoms with van der Waals surface area (Å²) in [6.07, 6.45) is 3.22. The van der Waals surface area contributed by atoms with E-state index in [0.29, 0.717) is 34.6 Å². The fourth-order valence-electron chi connectivity index (χ4n) is 4.94. The van der Waals surface area contributed by atoms with Crippen LogP contribution in [-0.4, -0.2) is 33.8 Å². The lowest BCUT2D eigenvalue weighted by Crippen LogP contribution is -2.15. The SMILES string of the molecule is COc1ccc(C2c3ccc4ccccc4c3Oc3ncn4nc(-c5ccco5)nc4c32)cc1OC. The maximum absolute atomic E-state index is 6.48. The van der Waals surface area contributed by atoms with Crippen LogP contribution < -0.4 is 14.2 Å². The summed E-state index contributed by atoms with van der Waals surface area (Å²) in [7, 11) is 3.26. The monoisotopic (exact) mass is 476 g/mol. The van der Waals surface area contributed by atoms with E-state index in [2.05, 4.69) is 34.3 Å². The van der Waals surface area contributed by atoms with Crippen molar-refractivity contribution in [1.29, 1.82) is 0 Å². The van der Waals surface area contributed by atoms with E-state index in [1.165, 1.54) is 0 Å². The molecule has 1 unspecified atom stereocenters. The molecule has 0 radical (unpaired) electrons. The van der Waals surface area contributed by atoms with Gasteiger partial charge in [-0.2, -0.15) is 0 Å². The van der Waals surface area contributed by atoms with E-state index in [-0.39, 0.29) is 5.92 Å². The molecule has 0 saturated carbocycles. The molecule has 0 amide bonds. The van der Waals surface area contributed by atoms with Crippen LogP contribution in [0.4, 0.5) is 0 Å². The van der Waals surface area contributed by atoms with Crippen LogP contribution in [0.2, 0.25) is 0 Å². The molecule has 0 saturated heterocycles. The molecule has 0 aliphatic carbocycles. The number of methoxy groups -OCH3 is 2. The number of aromatic nitrogens is 4. The molecule has 176 valence electrons. The van der Waals surface area contributed by atoms with E-state index in [1.807, 2.05) is 42.5 Å². The average molecular weight is 476 g/mol. The van der Waals surface area contributed by atoms with Crippen molar-refractivity contribution in [2.45, 2.75) is 5.92 Å². The summed E-state index contributed by atoms with van der Waals surface area (Å²) < 4.78 is 24.8. The highest BCUT2D eigenvalue weighted by Crippen LogP contribution is 2.51. The Kier molecular flexibility index (Phi) is 4.47. The number of benzene rings is 3. The number of ether oxygens (including phenoxy) is 3. The van der Waals surface area contributed by atoms with Gasteiger partial charge in [-0.3, -0.25) is 0 Å². The zero-order valence-corrected chi connectivity index (χ0v) is 19.5. The second-order valence-electron chi connectivity index (χ2n) is 8.50. The third kappa shape index (κ3) is 2.97. The molecule has 0 N–H and O–H groups in total. The summed E-state index contributed by atoms with van der Waals surface area (Å²) in [6.45, 7) is 0. The van der Waals surface area contributed by atoms with Gasteiger partial charge < -0.3 is 18.6 Å². The molecule has 3 aromatic heterocycles. The molecule has 0 fully saturated rings. The van der Waals surface area contributed by atoms with Crippen LogP contribution in [0.1, 0.15) is 22.6 Å². The predicted molar refractivity (Wildman–Crippen MR) is 133 cm³/mol. The van der Waals surface area contributed by atoms with E-state index in [4.69, 9.17) is 23.6 Å². The molecule has 1 aliphatic rings. The van der Waals surface area contributed by atoms with Gasteiger partial charge in [0.15, 0.2) is 22.9 Å². The molecule has 3 aromatic carbocycles. The second-order valence-corrected chi connectivity index (χ2v) is 8.50. The molecule has 8 nitrogen and oxygen atoms in total. The molecule has 0 bridgehead atoms. The highest BCUT2D eigenvalue weighted by molar-refractivity contribution is 5.91. The summed E-state index contributed by atoms with van der Waals surface area (Å²) in [5.74, 6) is 3.39. The number of hydrogen-bond donors (Lipinski definition) is 0. The molecule has 0 spiro atoms. The third-order valence-corrected chi connectivity index (χ3v) is 6.58. The van der Waals surface area contributed by atoms with Crippen molar-refractivity contribution in [2.24, 2.45) is 0 Å². The summed E-state index contributed by atoms with van der Waals surface area (Å²) >= 11 is 0. The summed E-state index contributed by atoms with van der Waals surface area (Å²) in [4.78, 5) is 9.49. The van der Waals surface area contributed by atoms with Gasteiger partial charge in [0.25, 0.3) is 0 Å². The predicted octanol–water partition coefficient (Wildman–Crippen LogP) is 5.84. The van der Waals surface area contributed by atoms with Gasteiger partial charge in [-0.15, -0.1) is 5.10 Å². The minimum atomic E-state index is -0.238. The number of hydrogen-bond acceptors (Lipinski definition) is 7. The molecule has 6 aromatic rings. The number of furan rings is 1. The van der Waals surface area contributed by atoms with Crippen molar-refractivity contribution >= 4 is 16.4 Å². The van der Waals surface area contributed by atoms with E-state index >= 15 is 0 Å². The Morgan fingerprint density at radius 3 is 2.64 bits per heavy atom. The van der Waals surface area contributed by atoms with Gasteiger partial charge in [0.05, 0.1) is 26.0 Å². The molecule has 1 atom stereocenters. The van der Waals surface area contributed by atoms with Gasteiger partial charge in [0.1, 0.15) is 12.1 Å². The van der Waals surface area contributed by atoms with E-state index < -0.39 is 0 Å². The first-order valence-electron chi connectivity index (χ1n) is 11.5. The largest absolute Gasteiger partial charge is 0.493 e. The molecule has 8 heteroatoms. The summed E-state index contributed by atoms with van der Waals surface area (Å²) in [5.41, 5.74) is 3.46. The topological polar surface area (TPSA) is 83.9 Å². The molecular formula is C28H20N4O4. The molecule has 4 heterocycles. The van der Waals surface area contributed by atoms with Gasteiger partial charge in [0, 0.05) is 16.9 Å². The van der Waals surface area contributed by atoms with Gasteiger partial charge in [-0.05, 0) is 35.2 Å². The smallest absolute Gasteiger partial charge is 0.228 e. The molecular weight excluding hydrogens is 456 g/mol. The highest BCUT2D eigenvalue weighted by Gasteiger charge is 2.35. The van der Waals surface area contributed by atoms with Crippen LogP contribution in [0, 0.1) is 0 Å². The number of rotatable bonds is 4. The van der Waals surface area contributed by atoms with Crippen LogP contribution in [-0.2, 0) is 0 Å². The summed E-state index contributed by atoms with van der Waals surface area (Å²) in [6, 6.07) is 22.0. The van der Waals surface area contributed by atoms with Crippen LogP contribution in [0.3, 0.4) is 0 Å². The molecule has 1 aliphatic heterocycles. The molecule has 36 heavy (non-hydrogen) atoms. The minimum absolute atomic E-state index is 0.238. The fourth-order valence-corrected chi connectivity index (χ4v) is 4.94. The number of fused-ring (bicyclic) bond motifs is 6. The van der Waals surface area contributed by atoms with Gasteiger partial charge in [-0.1, -0.05) is 42.5 Å². The Labute approximate surface area is 205 Å². The van der Waals surface area contributed by atoms with Crippen LogP contribution in [0.15, 0.2) is 83.7 Å². The van der Waals surface area contributed by atoms with Crippen molar-refractivity contribution in [3.05, 3.63) is 96.0 Å². The van der Waals surface area contributed by atoms with E-state index in [9.17, 15) is 0 Å². The van der Waals surface area contributed by atoms with Crippen molar-refractivity contribution in [3.63, 3.8) is 0 Å². The first-order valence-corrected chi connectivity index (χ1v) is 11.5. The van der Waals surface area contributed by atoms with E-state index in [0.717, 1.165) is 33.2 Å². The maximum Gasteiger partial charge on any atom is 0.228 e. The Morgan fingerprint density at radius 1 is 0.917 bits per heavy atom. The Balaban J connectivity index is 1.53. The van der Waals surface area contributed by atoms with Gasteiger partial charge in [-0.25, -0.2) is 14.5 Å². The molecule has 7 rings (SSSR count). The maximum atomic E-state index is 6.48. The lowest BCUT2D eigenvalue weighted by molar-refractivity contribution is 0.354. The van der Waals surface area contributed by atoms with Crippen molar-refractivity contribution in [3.8, 4) is 34.7 Å². The van der Waals surface area contributed by atoms with Crippen molar-refractivity contribution < 1.29 is 18.6 Å². The first kappa shape index (κ1) is 20.5. The standard InChI is InChI=1S/C28H20N4O4/c1-33-20-12-10-17(14-22(20)34-2)23-19-11-9-16-6-3-4-7-18(16)25(19)36-28-24(23)27-30-26(21-8-5-13-35-21)31-32(27)15-29-28/h3-15,23H,1-2H3. The van der Waals surface area contributed by atoms with Crippen LogP contribution in [0.25, 0.3) is 28.0 Å².